The molecule has 1 fully saturated rings. The van der Waals surface area contributed by atoms with E-state index in [0.717, 1.165) is 0 Å². The molecule has 1 aromatic heterocycles. The highest BCUT2D eigenvalue weighted by molar-refractivity contribution is 8.15. The quantitative estimate of drug-likeness (QED) is 0.553. The van der Waals surface area contributed by atoms with Crippen molar-refractivity contribution in [2.75, 3.05) is 11.9 Å². The van der Waals surface area contributed by atoms with Crippen LogP contribution < -0.4 is 5.32 Å². The minimum absolute atomic E-state index is 0.0164. The number of anilines is 1. The van der Waals surface area contributed by atoms with Crippen molar-refractivity contribution >= 4 is 56.7 Å². The normalized spacial score (nSPS) is 17.8. The first-order valence-electron chi connectivity index (χ1n) is 8.46. The van der Waals surface area contributed by atoms with E-state index < -0.39 is 5.25 Å². The first-order chi connectivity index (χ1) is 13.5. The Bertz CT molecular complexity index is 923. The first kappa shape index (κ1) is 20.0. The Balaban J connectivity index is 1.67. The van der Waals surface area contributed by atoms with E-state index in [1.54, 1.807) is 41.9 Å². The van der Waals surface area contributed by atoms with Crippen LogP contribution in [0.5, 0.6) is 0 Å². The van der Waals surface area contributed by atoms with E-state index in [2.05, 4.69) is 21.9 Å². The third-order valence-corrected chi connectivity index (χ3v) is 5.73. The summed E-state index contributed by atoms with van der Waals surface area (Å²) in [6.07, 6.45) is 3.28. The van der Waals surface area contributed by atoms with E-state index in [0.29, 0.717) is 28.1 Å². The number of hydrogen-bond donors (Lipinski definition) is 1. The maximum atomic E-state index is 12.7. The van der Waals surface area contributed by atoms with Gasteiger partial charge in [0.2, 0.25) is 16.9 Å². The summed E-state index contributed by atoms with van der Waals surface area (Å²) >= 11 is 2.62. The number of Topliss-reactive ketones (excluding diaryl/α,β-unsaturated/α-hetero) is 1. The summed E-state index contributed by atoms with van der Waals surface area (Å²) in [5, 5.41) is 5.08. The first-order valence-corrected chi connectivity index (χ1v) is 10.2. The highest BCUT2D eigenvalue weighted by atomic mass is 32.2. The standard InChI is InChI=1S/C19H18N4O3S2/c1-3-9-23-17(26)15(28-19(23)22-18-20-8-10-27-18)11-16(25)21-14-6-4-13(5-7-14)12(2)24/h3-8,10,15H,1,9,11H2,2H3,(H,21,25). The van der Waals surface area contributed by atoms with Crippen molar-refractivity contribution in [3.8, 4) is 0 Å². The predicted octanol–water partition coefficient (Wildman–Crippen LogP) is 3.49. The van der Waals surface area contributed by atoms with Crippen LogP contribution in [-0.2, 0) is 9.59 Å². The minimum atomic E-state index is -0.560. The minimum Gasteiger partial charge on any atom is -0.326 e. The fourth-order valence-corrected chi connectivity index (χ4v) is 4.25. The maximum absolute atomic E-state index is 12.7. The molecular formula is C19H18N4O3S2. The Morgan fingerprint density at radius 2 is 2.11 bits per heavy atom. The van der Waals surface area contributed by atoms with Crippen molar-refractivity contribution in [2.24, 2.45) is 4.99 Å². The van der Waals surface area contributed by atoms with Crippen LogP contribution in [0.4, 0.5) is 10.8 Å². The zero-order chi connectivity index (χ0) is 20.1. The monoisotopic (exact) mass is 414 g/mol. The Kier molecular flexibility index (Phi) is 6.37. The number of aliphatic imine (C=N–C) groups is 1. The second kappa shape index (κ2) is 8.94. The molecule has 1 saturated heterocycles. The summed E-state index contributed by atoms with van der Waals surface area (Å²) < 4.78 is 0. The van der Waals surface area contributed by atoms with Gasteiger partial charge in [-0.3, -0.25) is 19.3 Å². The van der Waals surface area contributed by atoms with Crippen LogP contribution in [-0.4, -0.2) is 44.4 Å². The third-order valence-electron chi connectivity index (χ3n) is 3.89. The smallest absolute Gasteiger partial charge is 0.242 e. The molecule has 0 bridgehead atoms. The van der Waals surface area contributed by atoms with E-state index >= 15 is 0 Å². The summed E-state index contributed by atoms with van der Waals surface area (Å²) in [6.45, 7) is 5.48. The second-order valence-corrected chi connectivity index (χ2v) is 7.98. The topological polar surface area (TPSA) is 91.7 Å². The Morgan fingerprint density at radius 3 is 2.71 bits per heavy atom. The fraction of sp³-hybridized carbons (Fsp3) is 0.211. The largest absolute Gasteiger partial charge is 0.326 e. The molecule has 1 aromatic carbocycles. The van der Waals surface area contributed by atoms with Gasteiger partial charge in [0.1, 0.15) is 5.25 Å². The van der Waals surface area contributed by atoms with Gasteiger partial charge in [-0.15, -0.1) is 17.9 Å². The van der Waals surface area contributed by atoms with Gasteiger partial charge < -0.3 is 5.32 Å². The molecule has 0 radical (unpaired) electrons. The third kappa shape index (κ3) is 4.73. The van der Waals surface area contributed by atoms with Crippen molar-refractivity contribution in [1.29, 1.82) is 0 Å². The van der Waals surface area contributed by atoms with Gasteiger partial charge in [-0.2, -0.15) is 4.99 Å². The Hall–Kier alpha value is -2.78. The van der Waals surface area contributed by atoms with Crippen LogP contribution in [0.15, 0.2) is 53.5 Å². The average molecular weight is 415 g/mol. The van der Waals surface area contributed by atoms with Crippen LogP contribution in [0.25, 0.3) is 0 Å². The predicted molar refractivity (Wildman–Crippen MR) is 112 cm³/mol. The molecule has 28 heavy (non-hydrogen) atoms. The zero-order valence-corrected chi connectivity index (χ0v) is 16.8. The van der Waals surface area contributed by atoms with Crippen LogP contribution in [0.2, 0.25) is 0 Å². The lowest BCUT2D eigenvalue weighted by atomic mass is 10.1. The van der Waals surface area contributed by atoms with Crippen LogP contribution >= 0.6 is 23.1 Å². The zero-order valence-electron chi connectivity index (χ0n) is 15.1. The van der Waals surface area contributed by atoms with Gasteiger partial charge in [-0.05, 0) is 31.2 Å². The molecule has 1 atom stereocenters. The molecule has 1 unspecified atom stereocenters. The lowest BCUT2D eigenvalue weighted by molar-refractivity contribution is -0.127. The second-order valence-electron chi connectivity index (χ2n) is 5.94. The van der Waals surface area contributed by atoms with Gasteiger partial charge in [0.25, 0.3) is 0 Å². The molecule has 2 amide bonds. The Morgan fingerprint density at radius 1 is 1.36 bits per heavy atom. The lowest BCUT2D eigenvalue weighted by Crippen LogP contribution is -2.33. The Labute approximate surface area is 170 Å². The van der Waals surface area contributed by atoms with E-state index in [1.165, 1.54) is 34.9 Å². The molecule has 0 aliphatic carbocycles. The number of aromatic nitrogens is 1. The molecule has 1 aliphatic heterocycles. The molecule has 0 saturated carbocycles. The number of ketones is 1. The molecule has 3 rings (SSSR count). The fourth-order valence-electron chi connectivity index (χ4n) is 2.54. The van der Waals surface area contributed by atoms with Gasteiger partial charge >= 0.3 is 0 Å². The lowest BCUT2D eigenvalue weighted by Gasteiger charge is -2.13. The van der Waals surface area contributed by atoms with Gasteiger partial charge in [0.05, 0.1) is 0 Å². The molecule has 1 N–H and O–H groups in total. The highest BCUT2D eigenvalue weighted by Crippen LogP contribution is 2.32. The number of nitrogens with zero attached hydrogens (tertiary/aromatic N) is 3. The van der Waals surface area contributed by atoms with Gasteiger partial charge in [0.15, 0.2) is 11.0 Å². The van der Waals surface area contributed by atoms with E-state index in [-0.39, 0.29) is 24.0 Å². The van der Waals surface area contributed by atoms with Crippen molar-refractivity contribution < 1.29 is 14.4 Å². The number of amidine groups is 1. The number of thioether (sulfide) groups is 1. The van der Waals surface area contributed by atoms with Gasteiger partial charge in [0, 0.05) is 35.8 Å². The summed E-state index contributed by atoms with van der Waals surface area (Å²) in [7, 11) is 0. The number of benzene rings is 1. The number of thiazole rings is 1. The molecule has 7 nitrogen and oxygen atoms in total. The summed E-state index contributed by atoms with van der Waals surface area (Å²) in [5.41, 5.74) is 1.15. The van der Waals surface area contributed by atoms with E-state index in [9.17, 15) is 14.4 Å². The van der Waals surface area contributed by atoms with Crippen molar-refractivity contribution in [2.45, 2.75) is 18.6 Å². The van der Waals surface area contributed by atoms with E-state index in [4.69, 9.17) is 0 Å². The number of hydrogen-bond acceptors (Lipinski definition) is 7. The maximum Gasteiger partial charge on any atom is 0.242 e. The molecule has 0 spiro atoms. The van der Waals surface area contributed by atoms with Crippen LogP contribution in [0, 0.1) is 0 Å². The van der Waals surface area contributed by atoms with E-state index in [1.807, 2.05) is 0 Å². The SMILES string of the molecule is C=CCN1C(=O)C(CC(=O)Nc2ccc(C(C)=O)cc2)SC1=Nc1nccs1. The average Bonchev–Trinajstić information content (AvgIpc) is 3.27. The summed E-state index contributed by atoms with van der Waals surface area (Å²) in [5.74, 6) is -0.502. The molecule has 9 heteroatoms. The molecule has 2 aromatic rings. The molecular weight excluding hydrogens is 396 g/mol. The molecule has 2 heterocycles. The summed E-state index contributed by atoms with van der Waals surface area (Å²) in [6, 6.07) is 6.63. The molecule has 144 valence electrons. The number of nitrogens with one attached hydrogen (secondary N) is 1. The van der Waals surface area contributed by atoms with Crippen molar-refractivity contribution in [3.63, 3.8) is 0 Å². The van der Waals surface area contributed by atoms with Crippen LogP contribution in [0.3, 0.4) is 0 Å². The van der Waals surface area contributed by atoms with Crippen molar-refractivity contribution in [1.82, 2.24) is 9.88 Å². The number of carbonyl (C=O) groups is 3. The number of rotatable bonds is 7. The van der Waals surface area contributed by atoms with Crippen LogP contribution in [0.1, 0.15) is 23.7 Å². The number of amides is 2. The highest BCUT2D eigenvalue weighted by Gasteiger charge is 2.38. The summed E-state index contributed by atoms with van der Waals surface area (Å²) in [4.78, 5) is 46.4. The molecule has 1 aliphatic rings. The number of carbonyl (C=O) groups excluding carboxylic acids is 3. The van der Waals surface area contributed by atoms with Crippen molar-refractivity contribution in [3.05, 3.63) is 54.1 Å². The van der Waals surface area contributed by atoms with Gasteiger partial charge in [-0.25, -0.2) is 4.98 Å². The van der Waals surface area contributed by atoms with Gasteiger partial charge in [-0.1, -0.05) is 17.8 Å².